The van der Waals surface area contributed by atoms with Gasteiger partial charge in [-0.05, 0) is 55.8 Å². The zero-order chi connectivity index (χ0) is 21.5. The maximum atomic E-state index is 13.1. The number of benzene rings is 2. The Balaban J connectivity index is 1.64. The monoisotopic (exact) mass is 424 g/mol. The quantitative estimate of drug-likeness (QED) is 0.552. The van der Waals surface area contributed by atoms with E-state index in [0.29, 0.717) is 5.03 Å². The molecular weight excluding hydrogens is 403 g/mol. The molecule has 3 aromatic rings. The van der Waals surface area contributed by atoms with Crippen molar-refractivity contribution in [2.45, 2.75) is 35.9 Å². The van der Waals surface area contributed by atoms with Gasteiger partial charge in [0.15, 0.2) is 6.10 Å². The molecule has 0 saturated carbocycles. The van der Waals surface area contributed by atoms with Crippen LogP contribution in [0.5, 0.6) is 0 Å². The van der Waals surface area contributed by atoms with E-state index in [1.54, 1.807) is 37.4 Å². The molecule has 7 heteroatoms. The maximum Gasteiger partial charge on any atom is 0.341 e. The second-order valence-corrected chi connectivity index (χ2v) is 7.66. The highest BCUT2D eigenvalue weighted by Crippen LogP contribution is 2.28. The first-order valence-electron chi connectivity index (χ1n) is 9.39. The Kier molecular flexibility index (Phi) is 7.19. The van der Waals surface area contributed by atoms with Crippen LogP contribution >= 0.6 is 11.8 Å². The highest BCUT2D eigenvalue weighted by Gasteiger charge is 2.23. The first-order chi connectivity index (χ1) is 14.4. The molecule has 0 aliphatic carbocycles. The number of nitrogens with zero attached hydrogens (tertiary/aromatic N) is 1. The van der Waals surface area contributed by atoms with E-state index in [2.05, 4.69) is 10.3 Å². The van der Waals surface area contributed by atoms with Crippen LogP contribution in [0.4, 0.5) is 4.39 Å². The van der Waals surface area contributed by atoms with Gasteiger partial charge < -0.3 is 10.1 Å². The molecule has 1 amide bonds. The zero-order valence-electron chi connectivity index (χ0n) is 16.5. The van der Waals surface area contributed by atoms with E-state index < -0.39 is 18.0 Å². The van der Waals surface area contributed by atoms with E-state index in [4.69, 9.17) is 4.74 Å². The summed E-state index contributed by atoms with van der Waals surface area (Å²) in [5.41, 5.74) is 1.04. The molecule has 30 heavy (non-hydrogen) atoms. The van der Waals surface area contributed by atoms with Gasteiger partial charge in [0.25, 0.3) is 5.91 Å². The minimum Gasteiger partial charge on any atom is -0.449 e. The van der Waals surface area contributed by atoms with Gasteiger partial charge >= 0.3 is 5.97 Å². The number of rotatable bonds is 7. The van der Waals surface area contributed by atoms with E-state index in [9.17, 15) is 14.0 Å². The molecule has 1 aromatic heterocycles. The fourth-order valence-electron chi connectivity index (χ4n) is 2.67. The lowest BCUT2D eigenvalue weighted by Crippen LogP contribution is -2.37. The minimum atomic E-state index is -1.00. The molecule has 0 aliphatic rings. The third kappa shape index (κ3) is 5.67. The molecule has 2 aromatic carbocycles. The number of carbonyl (C=O) groups excluding carboxylic acids is 2. The highest BCUT2D eigenvalue weighted by atomic mass is 32.2. The molecule has 0 radical (unpaired) electrons. The van der Waals surface area contributed by atoms with Crippen molar-refractivity contribution in [3.05, 3.63) is 89.9 Å². The number of pyridine rings is 1. The number of carbonyl (C=O) groups is 2. The van der Waals surface area contributed by atoms with Gasteiger partial charge in [-0.3, -0.25) is 4.79 Å². The molecule has 1 N–H and O–H groups in total. The van der Waals surface area contributed by atoms with Crippen molar-refractivity contribution in [3.8, 4) is 0 Å². The number of aromatic nitrogens is 1. The molecule has 3 rings (SSSR count). The van der Waals surface area contributed by atoms with E-state index in [-0.39, 0.29) is 17.4 Å². The highest BCUT2D eigenvalue weighted by molar-refractivity contribution is 7.99. The lowest BCUT2D eigenvalue weighted by Gasteiger charge is -2.18. The fourth-order valence-corrected chi connectivity index (χ4v) is 3.56. The van der Waals surface area contributed by atoms with E-state index in [1.807, 2.05) is 30.3 Å². The van der Waals surface area contributed by atoms with Crippen LogP contribution in [0.1, 0.15) is 35.8 Å². The number of nitrogens with one attached hydrogen (secondary N) is 1. The Bertz CT molecular complexity index is 1010. The topological polar surface area (TPSA) is 68.3 Å². The van der Waals surface area contributed by atoms with Crippen molar-refractivity contribution in [2.75, 3.05) is 0 Å². The summed E-state index contributed by atoms with van der Waals surface area (Å²) < 4.78 is 18.4. The van der Waals surface area contributed by atoms with Gasteiger partial charge in [-0.2, -0.15) is 0 Å². The van der Waals surface area contributed by atoms with Crippen LogP contribution in [-0.2, 0) is 9.53 Å². The van der Waals surface area contributed by atoms with Gasteiger partial charge in [0.2, 0.25) is 0 Å². The lowest BCUT2D eigenvalue weighted by atomic mass is 10.1. The van der Waals surface area contributed by atoms with Gasteiger partial charge in [-0.1, -0.05) is 42.1 Å². The van der Waals surface area contributed by atoms with Gasteiger partial charge in [-0.25, -0.2) is 14.2 Å². The van der Waals surface area contributed by atoms with Gasteiger partial charge in [-0.15, -0.1) is 0 Å². The molecule has 0 fully saturated rings. The van der Waals surface area contributed by atoms with Crippen LogP contribution < -0.4 is 5.32 Å². The Labute approximate surface area is 178 Å². The molecule has 0 saturated heterocycles. The molecule has 154 valence electrons. The summed E-state index contributed by atoms with van der Waals surface area (Å²) in [7, 11) is 0. The van der Waals surface area contributed by atoms with Crippen LogP contribution in [0.15, 0.2) is 82.8 Å². The van der Waals surface area contributed by atoms with Gasteiger partial charge in [0.05, 0.1) is 11.6 Å². The number of esters is 1. The van der Waals surface area contributed by atoms with Crippen LogP contribution in [0.3, 0.4) is 0 Å². The largest absolute Gasteiger partial charge is 0.449 e. The first-order valence-corrected chi connectivity index (χ1v) is 10.2. The van der Waals surface area contributed by atoms with Crippen LogP contribution in [0.25, 0.3) is 0 Å². The molecule has 2 atom stereocenters. The predicted octanol–water partition coefficient (Wildman–Crippen LogP) is 4.79. The van der Waals surface area contributed by atoms with Crippen molar-refractivity contribution in [3.63, 3.8) is 0 Å². The van der Waals surface area contributed by atoms with Crippen molar-refractivity contribution < 1.29 is 18.7 Å². The van der Waals surface area contributed by atoms with E-state index >= 15 is 0 Å². The second-order valence-electron chi connectivity index (χ2n) is 6.60. The number of halogens is 1. The molecular formula is C23H21FN2O3S. The summed E-state index contributed by atoms with van der Waals surface area (Å²) in [4.78, 5) is 30.3. The average molecular weight is 424 g/mol. The fraction of sp³-hybridized carbons (Fsp3) is 0.174. The Morgan fingerprint density at radius 2 is 1.70 bits per heavy atom. The van der Waals surface area contributed by atoms with Crippen molar-refractivity contribution in [1.29, 1.82) is 0 Å². The average Bonchev–Trinajstić information content (AvgIpc) is 2.75. The summed E-state index contributed by atoms with van der Waals surface area (Å²) in [5, 5.41) is 3.27. The van der Waals surface area contributed by atoms with E-state index in [0.717, 1.165) is 10.5 Å². The molecule has 2 unspecified atom stereocenters. The lowest BCUT2D eigenvalue weighted by molar-refractivity contribution is -0.129. The zero-order valence-corrected chi connectivity index (χ0v) is 17.4. The summed E-state index contributed by atoms with van der Waals surface area (Å²) in [6.07, 6.45) is 0.595. The van der Waals surface area contributed by atoms with Gasteiger partial charge in [0.1, 0.15) is 10.8 Å². The predicted molar refractivity (Wildman–Crippen MR) is 113 cm³/mol. The smallest absolute Gasteiger partial charge is 0.341 e. The molecule has 1 heterocycles. The summed E-state index contributed by atoms with van der Waals surface area (Å²) in [6.45, 7) is 3.28. The van der Waals surface area contributed by atoms with Crippen LogP contribution in [0, 0.1) is 5.82 Å². The second kappa shape index (κ2) is 10.0. The summed E-state index contributed by atoms with van der Waals surface area (Å²) in [6, 6.07) is 18.3. The standard InChI is InChI=1S/C23H21FN2O3S/c1-15(17-10-12-18(24)13-11-17)26-21(27)16(2)29-23(28)20-9-6-14-25-22(20)30-19-7-4-3-5-8-19/h3-16H,1-2H3,(H,26,27). The number of ether oxygens (including phenoxy) is 1. The molecule has 0 bridgehead atoms. The van der Waals surface area contributed by atoms with Gasteiger partial charge in [0, 0.05) is 11.1 Å². The third-order valence-electron chi connectivity index (χ3n) is 4.33. The van der Waals surface area contributed by atoms with Crippen LogP contribution in [0.2, 0.25) is 0 Å². The number of hydrogen-bond acceptors (Lipinski definition) is 5. The first kappa shape index (κ1) is 21.5. The van der Waals surface area contributed by atoms with E-state index in [1.165, 1.54) is 30.8 Å². The maximum absolute atomic E-state index is 13.1. The van der Waals surface area contributed by atoms with Crippen molar-refractivity contribution in [1.82, 2.24) is 10.3 Å². The Morgan fingerprint density at radius 3 is 2.40 bits per heavy atom. The third-order valence-corrected chi connectivity index (χ3v) is 5.36. The summed E-state index contributed by atoms with van der Waals surface area (Å²) in [5.74, 6) is -1.42. The summed E-state index contributed by atoms with van der Waals surface area (Å²) >= 11 is 1.34. The Hall–Kier alpha value is -3.19. The van der Waals surface area contributed by atoms with Crippen molar-refractivity contribution in [2.24, 2.45) is 0 Å². The number of amides is 1. The normalized spacial score (nSPS) is 12.6. The molecule has 0 aliphatic heterocycles. The molecule has 0 spiro atoms. The SMILES string of the molecule is CC(OC(=O)c1cccnc1Sc1ccccc1)C(=O)NC(C)c1ccc(F)cc1. The minimum absolute atomic E-state index is 0.289. The molecule has 5 nitrogen and oxygen atoms in total. The van der Waals surface area contributed by atoms with Crippen LogP contribution in [-0.4, -0.2) is 23.0 Å². The number of hydrogen-bond donors (Lipinski definition) is 1. The Morgan fingerprint density at radius 1 is 1.00 bits per heavy atom. The van der Waals surface area contributed by atoms with Crippen molar-refractivity contribution >= 4 is 23.6 Å².